The molecule has 0 heterocycles. The Morgan fingerprint density at radius 2 is 1.79 bits per heavy atom. The van der Waals surface area contributed by atoms with E-state index in [1.807, 2.05) is 0 Å². The third kappa shape index (κ3) is 4.48. The Bertz CT molecular complexity index is 284. The normalized spacial score (nSPS) is 36.5. The first-order valence-corrected chi connectivity index (χ1v) is 8.19. The lowest BCUT2D eigenvalue weighted by molar-refractivity contribution is -0.127. The number of carbonyl (C=O) groups excluding carboxylic acids is 1. The number of nitrogens with two attached hydrogens (primary N) is 1. The zero-order valence-corrected chi connectivity index (χ0v) is 12.4. The number of carbonyl (C=O) groups is 1. The third-order valence-corrected chi connectivity index (χ3v) is 5.15. The Kier molecular flexibility index (Phi) is 5.68. The topological polar surface area (TPSA) is 55.1 Å². The molecule has 2 aliphatic rings. The van der Waals surface area contributed by atoms with E-state index in [9.17, 15) is 4.79 Å². The highest BCUT2D eigenvalue weighted by Gasteiger charge is 2.27. The summed E-state index contributed by atoms with van der Waals surface area (Å²) in [5, 5.41) is 3.31. The molecule has 0 aromatic heterocycles. The van der Waals surface area contributed by atoms with Crippen LogP contribution in [-0.2, 0) is 4.79 Å². The molecular weight excluding hydrogens is 236 g/mol. The van der Waals surface area contributed by atoms with Crippen LogP contribution in [0.3, 0.4) is 0 Å². The van der Waals surface area contributed by atoms with E-state index >= 15 is 0 Å². The summed E-state index contributed by atoms with van der Waals surface area (Å²) in [6.45, 7) is 3.12. The van der Waals surface area contributed by atoms with E-state index < -0.39 is 0 Å². The molecule has 0 aromatic rings. The molecule has 2 unspecified atom stereocenters. The molecule has 0 radical (unpaired) electrons. The van der Waals surface area contributed by atoms with E-state index in [4.69, 9.17) is 5.73 Å². The van der Waals surface area contributed by atoms with Crippen molar-refractivity contribution in [3.05, 3.63) is 0 Å². The summed E-state index contributed by atoms with van der Waals surface area (Å²) in [4.78, 5) is 12.3. The summed E-state index contributed by atoms with van der Waals surface area (Å²) >= 11 is 0. The van der Waals surface area contributed by atoms with Crippen molar-refractivity contribution in [1.82, 2.24) is 5.32 Å². The molecule has 0 saturated heterocycles. The van der Waals surface area contributed by atoms with Crippen molar-refractivity contribution < 1.29 is 4.79 Å². The summed E-state index contributed by atoms with van der Waals surface area (Å²) in [7, 11) is 0. The SMILES string of the molecule is CC1CCCC(NC(=O)C2CCC(CN)CC2)CC1. The van der Waals surface area contributed by atoms with Gasteiger partial charge in [0, 0.05) is 12.0 Å². The number of rotatable bonds is 3. The van der Waals surface area contributed by atoms with E-state index in [2.05, 4.69) is 12.2 Å². The highest BCUT2D eigenvalue weighted by molar-refractivity contribution is 5.79. The van der Waals surface area contributed by atoms with Crippen molar-refractivity contribution in [2.45, 2.75) is 70.8 Å². The minimum absolute atomic E-state index is 0.253. The number of nitrogens with one attached hydrogen (secondary N) is 1. The molecule has 0 aromatic carbocycles. The van der Waals surface area contributed by atoms with Gasteiger partial charge in [0.25, 0.3) is 0 Å². The maximum absolute atomic E-state index is 12.3. The summed E-state index contributed by atoms with van der Waals surface area (Å²) in [6.07, 6.45) is 10.6. The molecule has 2 saturated carbocycles. The fraction of sp³-hybridized carbons (Fsp3) is 0.938. The maximum atomic E-state index is 12.3. The van der Waals surface area contributed by atoms with Gasteiger partial charge in [0.1, 0.15) is 0 Å². The van der Waals surface area contributed by atoms with Gasteiger partial charge in [0.15, 0.2) is 0 Å². The lowest BCUT2D eigenvalue weighted by Crippen LogP contribution is -2.40. The Hall–Kier alpha value is -0.570. The molecular formula is C16H30N2O. The molecule has 110 valence electrons. The largest absolute Gasteiger partial charge is 0.353 e. The summed E-state index contributed by atoms with van der Waals surface area (Å²) in [5.74, 6) is 2.06. The van der Waals surface area contributed by atoms with Crippen LogP contribution in [0.25, 0.3) is 0 Å². The monoisotopic (exact) mass is 266 g/mol. The first kappa shape index (κ1) is 14.8. The van der Waals surface area contributed by atoms with E-state index in [-0.39, 0.29) is 5.92 Å². The second kappa shape index (κ2) is 7.28. The molecule has 2 atom stereocenters. The van der Waals surface area contributed by atoms with Gasteiger partial charge in [-0.25, -0.2) is 0 Å². The molecule has 19 heavy (non-hydrogen) atoms. The fourth-order valence-electron chi connectivity index (χ4n) is 3.61. The number of hydrogen-bond acceptors (Lipinski definition) is 2. The molecule has 2 fully saturated rings. The van der Waals surface area contributed by atoms with E-state index in [0.717, 1.165) is 38.1 Å². The van der Waals surface area contributed by atoms with Crippen LogP contribution in [0.2, 0.25) is 0 Å². The van der Waals surface area contributed by atoms with Crippen molar-refractivity contribution >= 4 is 5.91 Å². The van der Waals surface area contributed by atoms with Crippen molar-refractivity contribution in [2.75, 3.05) is 6.54 Å². The average molecular weight is 266 g/mol. The van der Waals surface area contributed by atoms with E-state index in [1.165, 1.54) is 32.1 Å². The van der Waals surface area contributed by atoms with Gasteiger partial charge in [-0.3, -0.25) is 4.79 Å². The van der Waals surface area contributed by atoms with Crippen molar-refractivity contribution in [3.63, 3.8) is 0 Å². The van der Waals surface area contributed by atoms with Gasteiger partial charge in [0.05, 0.1) is 0 Å². The molecule has 3 nitrogen and oxygen atoms in total. The minimum atomic E-state index is 0.253. The van der Waals surface area contributed by atoms with Gasteiger partial charge in [-0.2, -0.15) is 0 Å². The van der Waals surface area contributed by atoms with Crippen LogP contribution in [0.4, 0.5) is 0 Å². The zero-order chi connectivity index (χ0) is 13.7. The second-order valence-electron chi connectivity index (χ2n) is 6.77. The lowest BCUT2D eigenvalue weighted by Gasteiger charge is -2.28. The minimum Gasteiger partial charge on any atom is -0.353 e. The quantitative estimate of drug-likeness (QED) is 0.772. The smallest absolute Gasteiger partial charge is 0.223 e. The Morgan fingerprint density at radius 3 is 2.47 bits per heavy atom. The highest BCUT2D eigenvalue weighted by atomic mass is 16.1. The Balaban J connectivity index is 1.74. The van der Waals surface area contributed by atoms with Gasteiger partial charge < -0.3 is 11.1 Å². The van der Waals surface area contributed by atoms with Crippen LogP contribution in [-0.4, -0.2) is 18.5 Å². The first-order valence-electron chi connectivity index (χ1n) is 8.19. The molecule has 3 heteroatoms. The first-order chi connectivity index (χ1) is 9.19. The van der Waals surface area contributed by atoms with Gasteiger partial charge in [-0.05, 0) is 63.3 Å². The zero-order valence-electron chi connectivity index (χ0n) is 12.4. The highest BCUT2D eigenvalue weighted by Crippen LogP contribution is 2.29. The van der Waals surface area contributed by atoms with Crippen molar-refractivity contribution in [2.24, 2.45) is 23.5 Å². The van der Waals surface area contributed by atoms with Crippen LogP contribution >= 0.6 is 0 Å². The number of amides is 1. The predicted molar refractivity (Wildman–Crippen MR) is 78.7 cm³/mol. The average Bonchev–Trinajstić information content (AvgIpc) is 2.64. The van der Waals surface area contributed by atoms with Crippen molar-refractivity contribution in [3.8, 4) is 0 Å². The molecule has 0 spiro atoms. The van der Waals surface area contributed by atoms with E-state index in [1.54, 1.807) is 0 Å². The van der Waals surface area contributed by atoms with Gasteiger partial charge >= 0.3 is 0 Å². The summed E-state index contributed by atoms with van der Waals surface area (Å²) in [5.41, 5.74) is 5.70. The van der Waals surface area contributed by atoms with Crippen LogP contribution < -0.4 is 11.1 Å². The van der Waals surface area contributed by atoms with Crippen molar-refractivity contribution in [1.29, 1.82) is 0 Å². The summed E-state index contributed by atoms with van der Waals surface area (Å²) in [6, 6.07) is 0.435. The molecule has 2 rings (SSSR count). The van der Waals surface area contributed by atoms with Gasteiger partial charge in [-0.1, -0.05) is 19.8 Å². The number of hydrogen-bond donors (Lipinski definition) is 2. The standard InChI is InChI=1S/C16H30N2O/c1-12-3-2-4-15(10-5-12)18-16(19)14-8-6-13(11-17)7-9-14/h12-15H,2-11,17H2,1H3,(H,18,19). The maximum Gasteiger partial charge on any atom is 0.223 e. The fourth-order valence-corrected chi connectivity index (χ4v) is 3.61. The lowest BCUT2D eigenvalue weighted by atomic mass is 9.81. The summed E-state index contributed by atoms with van der Waals surface area (Å²) < 4.78 is 0. The Morgan fingerprint density at radius 1 is 1.05 bits per heavy atom. The van der Waals surface area contributed by atoms with E-state index in [0.29, 0.717) is 17.9 Å². The molecule has 1 amide bonds. The van der Waals surface area contributed by atoms with Gasteiger partial charge in [0.2, 0.25) is 5.91 Å². The molecule has 0 bridgehead atoms. The molecule has 0 aliphatic heterocycles. The second-order valence-corrected chi connectivity index (χ2v) is 6.77. The predicted octanol–water partition coefficient (Wildman–Crippen LogP) is 2.84. The van der Waals surface area contributed by atoms with Crippen LogP contribution in [0.5, 0.6) is 0 Å². The van der Waals surface area contributed by atoms with Crippen LogP contribution in [0, 0.1) is 17.8 Å². The Labute approximate surface area is 117 Å². The molecule has 3 N–H and O–H groups in total. The van der Waals surface area contributed by atoms with Gasteiger partial charge in [-0.15, -0.1) is 0 Å². The van der Waals surface area contributed by atoms with Crippen LogP contribution in [0.1, 0.15) is 64.7 Å². The van der Waals surface area contributed by atoms with Crippen LogP contribution in [0.15, 0.2) is 0 Å². The third-order valence-electron chi connectivity index (χ3n) is 5.15. The molecule has 2 aliphatic carbocycles.